The van der Waals surface area contributed by atoms with Crippen molar-refractivity contribution in [2.24, 2.45) is 5.41 Å². The molecule has 3 N–H and O–H groups in total. The molecule has 0 aliphatic heterocycles. The Kier molecular flexibility index (Phi) is 6.68. The minimum atomic E-state index is -0.385. The number of carbonyl (C=O) groups excluding carboxylic acids is 3. The molecular formula is C14H27N3O3. The maximum absolute atomic E-state index is 11.8. The summed E-state index contributed by atoms with van der Waals surface area (Å²) in [5.74, 6) is -0.907. The van der Waals surface area contributed by atoms with Crippen LogP contribution in [0.2, 0.25) is 0 Å². The van der Waals surface area contributed by atoms with E-state index in [4.69, 9.17) is 0 Å². The predicted octanol–water partition coefficient (Wildman–Crippen LogP) is 0.570. The first-order valence-electron chi connectivity index (χ1n) is 6.73. The molecule has 0 bridgehead atoms. The monoisotopic (exact) mass is 285 g/mol. The molecule has 20 heavy (non-hydrogen) atoms. The molecule has 0 saturated carbocycles. The van der Waals surface area contributed by atoms with E-state index >= 15 is 0 Å². The fourth-order valence-corrected chi connectivity index (χ4v) is 2.24. The second kappa shape index (κ2) is 7.26. The Bertz CT molecular complexity index is 370. The van der Waals surface area contributed by atoms with Crippen molar-refractivity contribution < 1.29 is 14.4 Å². The van der Waals surface area contributed by atoms with E-state index in [1.165, 1.54) is 6.92 Å². The first-order chi connectivity index (χ1) is 8.91. The van der Waals surface area contributed by atoms with Gasteiger partial charge in [0.25, 0.3) is 0 Å². The van der Waals surface area contributed by atoms with Crippen molar-refractivity contribution in [2.45, 2.75) is 53.5 Å². The molecule has 116 valence electrons. The second-order valence-electron chi connectivity index (χ2n) is 6.86. The van der Waals surface area contributed by atoms with Gasteiger partial charge < -0.3 is 16.0 Å². The second-order valence-corrected chi connectivity index (χ2v) is 6.86. The van der Waals surface area contributed by atoms with E-state index in [1.807, 2.05) is 13.8 Å². The number of carbonyl (C=O) groups is 3. The highest BCUT2D eigenvalue weighted by Gasteiger charge is 2.26. The molecule has 6 nitrogen and oxygen atoms in total. The Balaban J connectivity index is 4.10. The van der Waals surface area contributed by atoms with E-state index in [2.05, 4.69) is 36.7 Å². The summed E-state index contributed by atoms with van der Waals surface area (Å²) in [5, 5.41) is 7.72. The Hall–Kier alpha value is -1.59. The zero-order chi connectivity index (χ0) is 16.0. The van der Waals surface area contributed by atoms with Crippen LogP contribution < -0.4 is 16.0 Å². The van der Waals surface area contributed by atoms with Gasteiger partial charge in [0.15, 0.2) is 0 Å². The van der Waals surface area contributed by atoms with Gasteiger partial charge in [-0.1, -0.05) is 20.8 Å². The normalized spacial score (nSPS) is 11.7. The number of rotatable bonds is 6. The maximum Gasteiger partial charge on any atom is 0.239 e. The molecule has 0 saturated heterocycles. The van der Waals surface area contributed by atoms with Crippen molar-refractivity contribution in [3.63, 3.8) is 0 Å². The highest BCUT2D eigenvalue weighted by atomic mass is 16.2. The van der Waals surface area contributed by atoms with Gasteiger partial charge in [-0.05, 0) is 25.7 Å². The van der Waals surface area contributed by atoms with Gasteiger partial charge in [0, 0.05) is 12.5 Å². The quantitative estimate of drug-likeness (QED) is 0.667. The van der Waals surface area contributed by atoms with E-state index in [0.717, 1.165) is 6.42 Å². The molecule has 0 aromatic carbocycles. The Morgan fingerprint density at radius 3 is 1.80 bits per heavy atom. The fourth-order valence-electron chi connectivity index (χ4n) is 2.24. The topological polar surface area (TPSA) is 87.3 Å². The Morgan fingerprint density at radius 2 is 1.35 bits per heavy atom. The van der Waals surface area contributed by atoms with Crippen LogP contribution in [0.5, 0.6) is 0 Å². The summed E-state index contributed by atoms with van der Waals surface area (Å²) in [6.45, 7) is 11.3. The number of amides is 3. The third kappa shape index (κ3) is 10.3. The molecule has 0 aromatic rings. The molecule has 6 heteroatoms. The zero-order valence-electron chi connectivity index (χ0n) is 13.3. The zero-order valence-corrected chi connectivity index (χ0v) is 13.3. The number of hydrogen-bond donors (Lipinski definition) is 3. The number of hydrogen-bond acceptors (Lipinski definition) is 3. The first kappa shape index (κ1) is 18.4. The molecule has 0 rings (SSSR count). The summed E-state index contributed by atoms with van der Waals surface area (Å²) < 4.78 is 0. The van der Waals surface area contributed by atoms with Gasteiger partial charge in [-0.3, -0.25) is 14.4 Å². The van der Waals surface area contributed by atoms with Crippen molar-refractivity contribution in [3.05, 3.63) is 0 Å². The molecule has 0 fully saturated rings. The van der Waals surface area contributed by atoms with Gasteiger partial charge in [-0.15, -0.1) is 0 Å². The molecule has 0 heterocycles. The molecule has 0 spiro atoms. The van der Waals surface area contributed by atoms with Crippen LogP contribution in [0.3, 0.4) is 0 Å². The smallest absolute Gasteiger partial charge is 0.239 e. The summed E-state index contributed by atoms with van der Waals surface area (Å²) in [6.07, 6.45) is 0.825. The molecular weight excluding hydrogens is 258 g/mol. The SMILES string of the molecule is CC(=O)NCC(=O)NCC(=O)NC(C)(C)CC(C)(C)C. The Morgan fingerprint density at radius 1 is 0.850 bits per heavy atom. The third-order valence-electron chi connectivity index (χ3n) is 2.39. The van der Waals surface area contributed by atoms with Gasteiger partial charge in [-0.25, -0.2) is 0 Å². The average Bonchev–Trinajstić information content (AvgIpc) is 2.19. The summed E-state index contributed by atoms with van der Waals surface area (Å²) in [6, 6.07) is 0. The van der Waals surface area contributed by atoms with Crippen LogP contribution in [0.1, 0.15) is 48.0 Å². The summed E-state index contributed by atoms with van der Waals surface area (Å²) >= 11 is 0. The maximum atomic E-state index is 11.8. The standard InChI is InChI=1S/C14H27N3O3/c1-10(18)15-7-11(19)16-8-12(20)17-14(5,6)9-13(2,3)4/h7-9H2,1-6H3,(H,15,18)(H,16,19)(H,17,20). The first-order valence-corrected chi connectivity index (χ1v) is 6.73. The predicted molar refractivity (Wildman–Crippen MR) is 78.0 cm³/mol. The molecule has 0 aliphatic carbocycles. The van der Waals surface area contributed by atoms with Gasteiger partial charge in [0.05, 0.1) is 13.1 Å². The summed E-state index contributed by atoms with van der Waals surface area (Å²) in [4.78, 5) is 33.8. The fraction of sp³-hybridized carbons (Fsp3) is 0.786. The Labute approximate surface area is 121 Å². The van der Waals surface area contributed by atoms with Crippen LogP contribution in [0, 0.1) is 5.41 Å². The van der Waals surface area contributed by atoms with Crippen LogP contribution in [-0.2, 0) is 14.4 Å². The van der Waals surface area contributed by atoms with Crippen LogP contribution in [0.15, 0.2) is 0 Å². The average molecular weight is 285 g/mol. The van der Waals surface area contributed by atoms with Crippen molar-refractivity contribution in [1.29, 1.82) is 0 Å². The highest BCUT2D eigenvalue weighted by molar-refractivity contribution is 5.87. The molecule has 3 amide bonds. The van der Waals surface area contributed by atoms with E-state index in [9.17, 15) is 14.4 Å². The van der Waals surface area contributed by atoms with Crippen molar-refractivity contribution in [2.75, 3.05) is 13.1 Å². The lowest BCUT2D eigenvalue weighted by molar-refractivity contribution is -0.127. The van der Waals surface area contributed by atoms with Crippen LogP contribution >= 0.6 is 0 Å². The van der Waals surface area contributed by atoms with E-state index in [-0.39, 0.29) is 41.8 Å². The molecule has 0 aromatic heterocycles. The van der Waals surface area contributed by atoms with Crippen LogP contribution in [0.4, 0.5) is 0 Å². The minimum absolute atomic E-state index is 0.0913. The third-order valence-corrected chi connectivity index (χ3v) is 2.39. The molecule has 0 unspecified atom stereocenters. The van der Waals surface area contributed by atoms with Gasteiger partial charge in [0.2, 0.25) is 17.7 Å². The van der Waals surface area contributed by atoms with Crippen molar-refractivity contribution in [3.8, 4) is 0 Å². The van der Waals surface area contributed by atoms with Crippen molar-refractivity contribution in [1.82, 2.24) is 16.0 Å². The lowest BCUT2D eigenvalue weighted by atomic mass is 9.82. The summed E-state index contributed by atoms with van der Waals surface area (Å²) in [5.41, 5.74) is -0.233. The van der Waals surface area contributed by atoms with Gasteiger partial charge >= 0.3 is 0 Å². The van der Waals surface area contributed by atoms with E-state index < -0.39 is 0 Å². The van der Waals surface area contributed by atoms with Gasteiger partial charge in [0.1, 0.15) is 0 Å². The number of nitrogens with one attached hydrogen (secondary N) is 3. The lowest BCUT2D eigenvalue weighted by Crippen LogP contribution is -2.50. The molecule has 0 aliphatic rings. The van der Waals surface area contributed by atoms with E-state index in [0.29, 0.717) is 0 Å². The highest BCUT2D eigenvalue weighted by Crippen LogP contribution is 2.26. The van der Waals surface area contributed by atoms with Gasteiger partial charge in [-0.2, -0.15) is 0 Å². The largest absolute Gasteiger partial charge is 0.350 e. The minimum Gasteiger partial charge on any atom is -0.350 e. The summed E-state index contributed by atoms with van der Waals surface area (Å²) in [7, 11) is 0. The lowest BCUT2D eigenvalue weighted by Gasteiger charge is -2.33. The molecule has 0 atom stereocenters. The molecule has 0 radical (unpaired) electrons. The van der Waals surface area contributed by atoms with Crippen LogP contribution in [0.25, 0.3) is 0 Å². The van der Waals surface area contributed by atoms with E-state index in [1.54, 1.807) is 0 Å². The van der Waals surface area contributed by atoms with Crippen LogP contribution in [-0.4, -0.2) is 36.3 Å². The van der Waals surface area contributed by atoms with Crippen molar-refractivity contribution >= 4 is 17.7 Å².